The van der Waals surface area contributed by atoms with Crippen molar-refractivity contribution in [3.63, 3.8) is 0 Å². The maximum absolute atomic E-state index is 10.2. The van der Waals surface area contributed by atoms with E-state index in [9.17, 15) is 4.79 Å². The average Bonchev–Trinajstić information content (AvgIpc) is 1.88. The Labute approximate surface area is 59.1 Å². The number of hydrogen-bond donors (Lipinski definition) is 1. The van der Waals surface area contributed by atoms with E-state index in [0.29, 0.717) is 5.59 Å². The molecule has 10 heavy (non-hydrogen) atoms. The summed E-state index contributed by atoms with van der Waals surface area (Å²) in [7, 11) is 5.22. The predicted octanol–water partition coefficient (Wildman–Crippen LogP) is -0.426. The second-order valence-corrected chi connectivity index (χ2v) is 1.78. The summed E-state index contributed by atoms with van der Waals surface area (Å²) in [4.78, 5) is 13.8. The van der Waals surface area contributed by atoms with Crippen molar-refractivity contribution in [3.8, 4) is 0 Å². The van der Waals surface area contributed by atoms with Crippen molar-refractivity contribution >= 4 is 19.4 Å². The summed E-state index contributed by atoms with van der Waals surface area (Å²) in [6.07, 6.45) is 1.22. The van der Waals surface area contributed by atoms with Gasteiger partial charge in [-0.2, -0.15) is 0 Å². The van der Waals surface area contributed by atoms with Crippen molar-refractivity contribution in [2.24, 2.45) is 0 Å². The lowest BCUT2D eigenvalue weighted by molar-refractivity contribution is 0.0696. The second kappa shape index (κ2) is 2.52. The summed E-state index contributed by atoms with van der Waals surface area (Å²) in [5.41, 5.74) is 0.471. The van der Waals surface area contributed by atoms with Gasteiger partial charge in [-0.1, -0.05) is 6.07 Å². The van der Waals surface area contributed by atoms with Crippen LogP contribution in [-0.2, 0) is 0 Å². The lowest BCUT2D eigenvalue weighted by Crippen LogP contribution is -2.08. The third-order valence-electron chi connectivity index (χ3n) is 1.03. The normalized spacial score (nSPS) is 9.20. The van der Waals surface area contributed by atoms with Crippen molar-refractivity contribution in [3.05, 3.63) is 23.9 Å². The molecule has 1 rings (SSSR count). The fourth-order valence-corrected chi connectivity index (χ4v) is 0.532. The third kappa shape index (κ3) is 1.34. The number of nitrogens with zero attached hydrogens (tertiary/aromatic N) is 1. The molecule has 0 unspecified atom stereocenters. The maximum atomic E-state index is 10.2. The molecule has 0 fully saturated rings. The summed E-state index contributed by atoms with van der Waals surface area (Å²) in [6.45, 7) is 0. The number of aromatic nitrogens is 1. The van der Waals surface area contributed by atoms with Crippen LogP contribution in [0.4, 0.5) is 0 Å². The Morgan fingerprint density at radius 1 is 1.60 bits per heavy atom. The molecular weight excluding hydrogens is 129 g/mol. The van der Waals surface area contributed by atoms with Gasteiger partial charge in [0.05, 0.1) is 5.56 Å². The molecule has 4 heteroatoms. The molecule has 0 aliphatic rings. The van der Waals surface area contributed by atoms with E-state index in [1.54, 1.807) is 0 Å². The summed E-state index contributed by atoms with van der Waals surface area (Å²) < 4.78 is 0. The van der Waals surface area contributed by atoms with Crippen molar-refractivity contribution in [1.29, 1.82) is 0 Å². The highest BCUT2D eigenvalue weighted by Crippen LogP contribution is 1.91. The summed E-state index contributed by atoms with van der Waals surface area (Å²) in [6, 6.07) is 2.86. The monoisotopic (exact) mass is 133 g/mol. The SMILES string of the molecule is [B]c1ccc(C(=O)O)cn1. The van der Waals surface area contributed by atoms with Gasteiger partial charge in [-0.25, -0.2) is 4.79 Å². The molecule has 1 aromatic rings. The summed E-state index contributed by atoms with van der Waals surface area (Å²) >= 11 is 0. The van der Waals surface area contributed by atoms with Crippen molar-refractivity contribution < 1.29 is 9.90 Å². The standard InChI is InChI=1S/C6H4BNO2/c7-5-2-1-4(3-8-5)6(9)10/h1-3H,(H,9,10). The first-order valence-electron chi connectivity index (χ1n) is 2.65. The first-order chi connectivity index (χ1) is 4.70. The molecule has 0 bridgehead atoms. The van der Waals surface area contributed by atoms with Crippen molar-refractivity contribution in [2.45, 2.75) is 0 Å². The largest absolute Gasteiger partial charge is 0.478 e. The second-order valence-electron chi connectivity index (χ2n) is 1.78. The summed E-state index contributed by atoms with van der Waals surface area (Å²) in [5, 5.41) is 8.39. The van der Waals surface area contributed by atoms with Gasteiger partial charge in [0.1, 0.15) is 7.85 Å². The molecule has 0 amide bonds. The maximum Gasteiger partial charge on any atom is 0.337 e. The van der Waals surface area contributed by atoms with Gasteiger partial charge in [0.15, 0.2) is 0 Å². The van der Waals surface area contributed by atoms with E-state index in [1.807, 2.05) is 0 Å². The molecule has 48 valence electrons. The van der Waals surface area contributed by atoms with Crippen LogP contribution in [0.25, 0.3) is 0 Å². The Morgan fingerprint density at radius 2 is 2.30 bits per heavy atom. The van der Waals surface area contributed by atoms with Gasteiger partial charge in [-0.05, 0) is 11.7 Å². The lowest BCUT2D eigenvalue weighted by Gasteiger charge is -1.92. The fraction of sp³-hybridized carbons (Fsp3) is 0. The van der Waals surface area contributed by atoms with Gasteiger partial charge in [0.2, 0.25) is 0 Å². The zero-order chi connectivity index (χ0) is 7.56. The van der Waals surface area contributed by atoms with E-state index in [0.717, 1.165) is 0 Å². The van der Waals surface area contributed by atoms with Gasteiger partial charge in [-0.15, -0.1) is 0 Å². The average molecular weight is 133 g/mol. The van der Waals surface area contributed by atoms with Crippen LogP contribution in [0.2, 0.25) is 0 Å². The molecule has 0 spiro atoms. The fourth-order valence-electron chi connectivity index (χ4n) is 0.532. The van der Waals surface area contributed by atoms with Gasteiger partial charge in [-0.3, -0.25) is 4.98 Å². The van der Waals surface area contributed by atoms with Crippen LogP contribution in [0.3, 0.4) is 0 Å². The van der Waals surface area contributed by atoms with E-state index in [2.05, 4.69) is 4.98 Å². The predicted molar refractivity (Wildman–Crippen MR) is 36.6 cm³/mol. The zero-order valence-electron chi connectivity index (χ0n) is 5.11. The Kier molecular flexibility index (Phi) is 1.71. The first-order valence-corrected chi connectivity index (χ1v) is 2.65. The van der Waals surface area contributed by atoms with E-state index < -0.39 is 5.97 Å². The lowest BCUT2D eigenvalue weighted by atomic mass is 10.0. The highest BCUT2D eigenvalue weighted by atomic mass is 16.4. The Balaban J connectivity index is 3.00. The zero-order valence-corrected chi connectivity index (χ0v) is 5.11. The molecule has 1 aromatic heterocycles. The first kappa shape index (κ1) is 6.80. The highest BCUT2D eigenvalue weighted by molar-refractivity contribution is 6.30. The van der Waals surface area contributed by atoms with Crippen molar-refractivity contribution in [2.75, 3.05) is 0 Å². The van der Waals surface area contributed by atoms with Gasteiger partial charge in [0, 0.05) is 6.20 Å². The number of pyridine rings is 1. The Hall–Kier alpha value is -1.32. The van der Waals surface area contributed by atoms with Gasteiger partial charge < -0.3 is 5.11 Å². The molecule has 0 aliphatic carbocycles. The van der Waals surface area contributed by atoms with Crippen LogP contribution < -0.4 is 5.59 Å². The number of hydrogen-bond acceptors (Lipinski definition) is 2. The smallest absolute Gasteiger partial charge is 0.337 e. The number of rotatable bonds is 1. The van der Waals surface area contributed by atoms with Crippen LogP contribution in [-0.4, -0.2) is 23.9 Å². The Morgan fingerprint density at radius 3 is 2.70 bits per heavy atom. The van der Waals surface area contributed by atoms with Crippen LogP contribution in [0.5, 0.6) is 0 Å². The van der Waals surface area contributed by atoms with E-state index in [-0.39, 0.29) is 5.56 Å². The molecular formula is C6H4BNO2. The Bertz CT molecular complexity index is 244. The quantitative estimate of drug-likeness (QED) is 0.529. The molecule has 0 aliphatic heterocycles. The van der Waals surface area contributed by atoms with E-state index in [1.165, 1.54) is 18.3 Å². The molecule has 0 saturated carbocycles. The minimum Gasteiger partial charge on any atom is -0.478 e. The van der Waals surface area contributed by atoms with Crippen LogP contribution in [0, 0.1) is 0 Å². The van der Waals surface area contributed by atoms with Crippen LogP contribution in [0.1, 0.15) is 10.4 Å². The van der Waals surface area contributed by atoms with Crippen molar-refractivity contribution in [1.82, 2.24) is 4.98 Å². The minimum absolute atomic E-state index is 0.147. The van der Waals surface area contributed by atoms with E-state index >= 15 is 0 Å². The number of carboxylic acids is 1. The van der Waals surface area contributed by atoms with Gasteiger partial charge >= 0.3 is 5.97 Å². The highest BCUT2D eigenvalue weighted by Gasteiger charge is 1.99. The number of carboxylic acid groups (broad SMARTS) is 1. The molecule has 0 atom stereocenters. The molecule has 3 nitrogen and oxygen atoms in total. The topological polar surface area (TPSA) is 50.2 Å². The minimum atomic E-state index is -0.993. The molecule has 0 saturated heterocycles. The number of aromatic carboxylic acids is 1. The summed E-state index contributed by atoms with van der Waals surface area (Å²) in [5.74, 6) is -0.993. The molecule has 0 aromatic carbocycles. The molecule has 2 radical (unpaired) electrons. The van der Waals surface area contributed by atoms with Gasteiger partial charge in [0.25, 0.3) is 0 Å². The number of carbonyl (C=O) groups is 1. The molecule has 1 heterocycles. The van der Waals surface area contributed by atoms with Crippen LogP contribution >= 0.6 is 0 Å². The molecule has 1 N–H and O–H groups in total. The van der Waals surface area contributed by atoms with Crippen LogP contribution in [0.15, 0.2) is 18.3 Å². The van der Waals surface area contributed by atoms with E-state index in [4.69, 9.17) is 13.0 Å². The third-order valence-corrected chi connectivity index (χ3v) is 1.03.